The lowest BCUT2D eigenvalue weighted by Gasteiger charge is -2.31. The standard InChI is InChI=1S/C21H26N6/c1-16-4-3-5-21(24-16)25-18-6-7-20(22-14-18)17-9-12-27(13-10-17)15-19-8-11-23-26(19)2/h3-8,11,14,17H,9-10,12-13,15H2,1-2H3,(H,24,25). The van der Waals surface area contributed by atoms with E-state index in [1.54, 1.807) is 0 Å². The normalized spacial score (nSPS) is 15.8. The van der Waals surface area contributed by atoms with Crippen LogP contribution in [0.15, 0.2) is 48.8 Å². The van der Waals surface area contributed by atoms with Gasteiger partial charge in [0.1, 0.15) is 5.82 Å². The van der Waals surface area contributed by atoms with Crippen LogP contribution in [0.3, 0.4) is 0 Å². The number of hydrogen-bond donors (Lipinski definition) is 1. The quantitative estimate of drug-likeness (QED) is 0.751. The highest BCUT2D eigenvalue weighted by atomic mass is 15.3. The fourth-order valence-corrected chi connectivity index (χ4v) is 3.65. The number of nitrogens with zero attached hydrogens (tertiary/aromatic N) is 5. The summed E-state index contributed by atoms with van der Waals surface area (Å²) < 4.78 is 1.96. The van der Waals surface area contributed by atoms with Gasteiger partial charge >= 0.3 is 0 Å². The van der Waals surface area contributed by atoms with Crippen LogP contribution in [-0.2, 0) is 13.6 Å². The molecule has 0 bridgehead atoms. The maximum absolute atomic E-state index is 4.71. The number of rotatable bonds is 5. The van der Waals surface area contributed by atoms with Crippen LogP contribution in [0.25, 0.3) is 0 Å². The first-order valence-corrected chi connectivity index (χ1v) is 9.53. The molecule has 0 unspecified atom stereocenters. The Labute approximate surface area is 160 Å². The summed E-state index contributed by atoms with van der Waals surface area (Å²) >= 11 is 0. The molecule has 4 rings (SSSR count). The number of piperidine rings is 1. The van der Waals surface area contributed by atoms with Crippen LogP contribution < -0.4 is 5.32 Å². The highest BCUT2D eigenvalue weighted by molar-refractivity contribution is 5.55. The molecule has 4 heterocycles. The number of nitrogens with one attached hydrogen (secondary N) is 1. The van der Waals surface area contributed by atoms with Gasteiger partial charge in [0.25, 0.3) is 0 Å². The number of hydrogen-bond acceptors (Lipinski definition) is 5. The van der Waals surface area contributed by atoms with Crippen molar-refractivity contribution in [3.05, 3.63) is 65.9 Å². The summed E-state index contributed by atoms with van der Waals surface area (Å²) in [5.41, 5.74) is 4.44. The lowest BCUT2D eigenvalue weighted by atomic mass is 9.93. The molecule has 0 radical (unpaired) electrons. The van der Waals surface area contributed by atoms with Crippen molar-refractivity contribution in [2.75, 3.05) is 18.4 Å². The van der Waals surface area contributed by atoms with Crippen molar-refractivity contribution in [2.45, 2.75) is 32.2 Å². The molecule has 6 heteroatoms. The van der Waals surface area contributed by atoms with Crippen molar-refractivity contribution in [2.24, 2.45) is 7.05 Å². The molecule has 1 aliphatic heterocycles. The highest BCUT2D eigenvalue weighted by Crippen LogP contribution is 2.28. The fourth-order valence-electron chi connectivity index (χ4n) is 3.65. The van der Waals surface area contributed by atoms with Gasteiger partial charge < -0.3 is 5.32 Å². The summed E-state index contributed by atoms with van der Waals surface area (Å²) in [4.78, 5) is 11.7. The van der Waals surface area contributed by atoms with Crippen molar-refractivity contribution in [3.63, 3.8) is 0 Å². The summed E-state index contributed by atoms with van der Waals surface area (Å²) in [7, 11) is 2.01. The molecule has 0 saturated carbocycles. The number of likely N-dealkylation sites (tertiary alicyclic amines) is 1. The van der Waals surface area contributed by atoms with E-state index in [2.05, 4.69) is 38.5 Å². The summed E-state index contributed by atoms with van der Waals surface area (Å²) in [6, 6.07) is 12.3. The van der Waals surface area contributed by atoms with Gasteiger partial charge in [0.2, 0.25) is 0 Å². The van der Waals surface area contributed by atoms with E-state index < -0.39 is 0 Å². The van der Waals surface area contributed by atoms with E-state index in [9.17, 15) is 0 Å². The van der Waals surface area contributed by atoms with E-state index in [0.29, 0.717) is 5.92 Å². The van der Waals surface area contributed by atoms with Gasteiger partial charge in [-0.25, -0.2) is 4.98 Å². The van der Waals surface area contributed by atoms with E-state index >= 15 is 0 Å². The van der Waals surface area contributed by atoms with E-state index in [0.717, 1.165) is 49.7 Å². The topological polar surface area (TPSA) is 58.9 Å². The molecule has 0 spiro atoms. The lowest BCUT2D eigenvalue weighted by molar-refractivity contribution is 0.199. The Hall–Kier alpha value is -2.73. The van der Waals surface area contributed by atoms with Gasteiger partial charge in [-0.05, 0) is 63.2 Å². The van der Waals surface area contributed by atoms with E-state index in [1.807, 2.05) is 49.2 Å². The third-order valence-corrected chi connectivity index (χ3v) is 5.26. The molecule has 0 aliphatic carbocycles. The predicted molar refractivity (Wildman–Crippen MR) is 107 cm³/mol. The molecule has 3 aromatic heterocycles. The third-order valence-electron chi connectivity index (χ3n) is 5.26. The maximum atomic E-state index is 4.71. The molecular formula is C21H26N6. The lowest BCUT2D eigenvalue weighted by Crippen LogP contribution is -2.33. The number of aromatic nitrogens is 4. The molecule has 3 aromatic rings. The van der Waals surface area contributed by atoms with Gasteiger partial charge in [-0.3, -0.25) is 14.6 Å². The van der Waals surface area contributed by atoms with Gasteiger partial charge in [-0.2, -0.15) is 5.10 Å². The number of anilines is 2. The zero-order valence-corrected chi connectivity index (χ0v) is 16.0. The largest absolute Gasteiger partial charge is 0.339 e. The van der Waals surface area contributed by atoms with Crippen LogP contribution in [0.5, 0.6) is 0 Å². The molecule has 1 fully saturated rings. The Balaban J connectivity index is 1.33. The van der Waals surface area contributed by atoms with Crippen LogP contribution in [0, 0.1) is 6.92 Å². The van der Waals surface area contributed by atoms with Gasteiger partial charge in [0, 0.05) is 37.1 Å². The molecule has 0 atom stereocenters. The summed E-state index contributed by atoms with van der Waals surface area (Å²) in [6.07, 6.45) is 6.09. The van der Waals surface area contributed by atoms with E-state index in [4.69, 9.17) is 4.98 Å². The minimum atomic E-state index is 0.541. The second kappa shape index (κ2) is 7.88. The summed E-state index contributed by atoms with van der Waals surface area (Å²) in [6.45, 7) is 5.17. The molecule has 6 nitrogen and oxygen atoms in total. The Bertz CT molecular complexity index is 878. The van der Waals surface area contributed by atoms with E-state index in [-0.39, 0.29) is 0 Å². The summed E-state index contributed by atoms with van der Waals surface area (Å²) in [5, 5.41) is 7.58. The minimum Gasteiger partial charge on any atom is -0.339 e. The molecular weight excluding hydrogens is 336 g/mol. The molecule has 1 aliphatic rings. The van der Waals surface area contributed by atoms with Crippen molar-refractivity contribution >= 4 is 11.5 Å². The zero-order valence-electron chi connectivity index (χ0n) is 16.0. The van der Waals surface area contributed by atoms with Crippen molar-refractivity contribution in [1.29, 1.82) is 0 Å². The Kier molecular flexibility index (Phi) is 5.16. The first-order chi connectivity index (χ1) is 13.2. The average molecular weight is 362 g/mol. The van der Waals surface area contributed by atoms with Crippen LogP contribution >= 0.6 is 0 Å². The van der Waals surface area contributed by atoms with Crippen LogP contribution in [0.1, 0.15) is 35.8 Å². The molecule has 27 heavy (non-hydrogen) atoms. The van der Waals surface area contributed by atoms with Gasteiger partial charge in [0.15, 0.2) is 0 Å². The van der Waals surface area contributed by atoms with Crippen LogP contribution in [0.4, 0.5) is 11.5 Å². The summed E-state index contributed by atoms with van der Waals surface area (Å²) in [5.74, 6) is 1.40. The predicted octanol–water partition coefficient (Wildman–Crippen LogP) is 3.64. The van der Waals surface area contributed by atoms with Gasteiger partial charge in [-0.1, -0.05) is 6.07 Å². The molecule has 1 N–H and O–H groups in total. The van der Waals surface area contributed by atoms with Crippen LogP contribution in [-0.4, -0.2) is 37.7 Å². The monoisotopic (exact) mass is 362 g/mol. The molecule has 0 aromatic carbocycles. The Morgan fingerprint density at radius 3 is 2.63 bits per heavy atom. The molecule has 1 saturated heterocycles. The van der Waals surface area contributed by atoms with Crippen molar-refractivity contribution in [1.82, 2.24) is 24.6 Å². The fraction of sp³-hybridized carbons (Fsp3) is 0.381. The molecule has 0 amide bonds. The first kappa shape index (κ1) is 17.7. The maximum Gasteiger partial charge on any atom is 0.130 e. The SMILES string of the molecule is Cc1cccc(Nc2ccc(C3CCN(Cc4ccnn4C)CC3)nc2)n1. The Morgan fingerprint density at radius 1 is 1.11 bits per heavy atom. The smallest absolute Gasteiger partial charge is 0.130 e. The average Bonchev–Trinajstić information content (AvgIpc) is 3.08. The third kappa shape index (κ3) is 4.34. The van der Waals surface area contributed by atoms with E-state index in [1.165, 1.54) is 11.4 Å². The van der Waals surface area contributed by atoms with Crippen molar-refractivity contribution in [3.8, 4) is 0 Å². The second-order valence-corrected chi connectivity index (χ2v) is 7.26. The first-order valence-electron chi connectivity index (χ1n) is 9.53. The zero-order chi connectivity index (χ0) is 18.6. The van der Waals surface area contributed by atoms with Crippen LogP contribution in [0.2, 0.25) is 0 Å². The number of pyridine rings is 2. The molecule has 140 valence electrons. The van der Waals surface area contributed by atoms with Gasteiger partial charge in [-0.15, -0.1) is 0 Å². The second-order valence-electron chi connectivity index (χ2n) is 7.26. The Morgan fingerprint density at radius 2 is 1.96 bits per heavy atom. The van der Waals surface area contributed by atoms with Gasteiger partial charge in [0.05, 0.1) is 17.6 Å². The highest BCUT2D eigenvalue weighted by Gasteiger charge is 2.22. The number of aryl methyl sites for hydroxylation is 2. The minimum absolute atomic E-state index is 0.541. The van der Waals surface area contributed by atoms with Crippen molar-refractivity contribution < 1.29 is 0 Å².